The Bertz CT molecular complexity index is 758. The first-order valence-corrected chi connectivity index (χ1v) is 8.56. The number of methoxy groups -OCH3 is 1. The van der Waals surface area contributed by atoms with Crippen LogP contribution in [-0.2, 0) is 0 Å². The number of carbonyl (C=O) groups excluding carboxylic acids is 1. The fourth-order valence-electron chi connectivity index (χ4n) is 3.22. The molecule has 1 fully saturated rings. The number of amides is 1. The first-order valence-electron chi connectivity index (χ1n) is 8.56. The Morgan fingerprint density at radius 2 is 2.00 bits per heavy atom. The molecule has 6 nitrogen and oxygen atoms in total. The van der Waals surface area contributed by atoms with Crippen LogP contribution in [0.2, 0.25) is 0 Å². The lowest BCUT2D eigenvalue weighted by Crippen LogP contribution is -2.20. The Morgan fingerprint density at radius 1 is 1.23 bits per heavy atom. The van der Waals surface area contributed by atoms with Crippen molar-refractivity contribution in [1.82, 2.24) is 9.78 Å². The normalized spacial score (nSPS) is 15.1. The van der Waals surface area contributed by atoms with E-state index in [1.165, 1.54) is 31.7 Å². The molecule has 0 atom stereocenters. The third-order valence-electron chi connectivity index (χ3n) is 4.47. The van der Waals surface area contributed by atoms with Crippen LogP contribution in [0.5, 0.6) is 11.5 Å². The molecule has 1 saturated carbocycles. The lowest BCUT2D eigenvalue weighted by atomic mass is 9.96. The molecular weight excluding hydrogens is 344 g/mol. The highest BCUT2D eigenvalue weighted by Gasteiger charge is 2.20. The third kappa shape index (κ3) is 4.12. The van der Waals surface area contributed by atoms with E-state index in [1.807, 2.05) is 4.68 Å². The Hall–Kier alpha value is -2.64. The van der Waals surface area contributed by atoms with Crippen molar-refractivity contribution in [3.63, 3.8) is 0 Å². The van der Waals surface area contributed by atoms with Gasteiger partial charge in [0.25, 0.3) is 5.91 Å². The molecule has 1 heterocycles. The van der Waals surface area contributed by atoms with E-state index in [9.17, 15) is 13.6 Å². The number of hydrogen-bond acceptors (Lipinski definition) is 4. The highest BCUT2D eigenvalue weighted by Crippen LogP contribution is 2.31. The summed E-state index contributed by atoms with van der Waals surface area (Å²) in [6, 6.07) is 6.10. The predicted octanol–water partition coefficient (Wildman–Crippen LogP) is 4.25. The minimum absolute atomic E-state index is 0.0683. The van der Waals surface area contributed by atoms with Gasteiger partial charge in [0.15, 0.2) is 11.5 Å². The Morgan fingerprint density at radius 3 is 2.69 bits per heavy atom. The number of aromatic nitrogens is 2. The summed E-state index contributed by atoms with van der Waals surface area (Å²) in [5, 5.41) is 7.17. The van der Waals surface area contributed by atoms with Crippen LogP contribution < -0.4 is 14.8 Å². The molecule has 0 saturated heterocycles. The van der Waals surface area contributed by atoms with Gasteiger partial charge in [-0.2, -0.15) is 13.9 Å². The molecule has 2 aromatic rings. The number of ether oxygens (including phenoxy) is 2. The zero-order chi connectivity index (χ0) is 18.5. The van der Waals surface area contributed by atoms with Crippen molar-refractivity contribution in [3.8, 4) is 11.5 Å². The van der Waals surface area contributed by atoms with Crippen molar-refractivity contribution in [2.75, 3.05) is 12.4 Å². The molecule has 1 aromatic heterocycles. The predicted molar refractivity (Wildman–Crippen MR) is 91.9 cm³/mol. The third-order valence-corrected chi connectivity index (χ3v) is 4.47. The van der Waals surface area contributed by atoms with Gasteiger partial charge in [-0.25, -0.2) is 4.68 Å². The average Bonchev–Trinajstić information content (AvgIpc) is 3.10. The van der Waals surface area contributed by atoms with Crippen molar-refractivity contribution in [2.45, 2.75) is 44.8 Å². The number of alkyl halides is 2. The summed E-state index contributed by atoms with van der Waals surface area (Å²) < 4.78 is 36.1. The van der Waals surface area contributed by atoms with Crippen molar-refractivity contribution in [1.29, 1.82) is 0 Å². The maximum Gasteiger partial charge on any atom is 0.387 e. The summed E-state index contributed by atoms with van der Waals surface area (Å²) in [5.74, 6) is 0.197. The average molecular weight is 365 g/mol. The van der Waals surface area contributed by atoms with E-state index in [-0.39, 0.29) is 29.0 Å². The van der Waals surface area contributed by atoms with E-state index in [2.05, 4.69) is 15.2 Å². The summed E-state index contributed by atoms with van der Waals surface area (Å²) in [6.07, 6.45) is 7.27. The number of anilines is 1. The van der Waals surface area contributed by atoms with Gasteiger partial charge in [0.1, 0.15) is 5.82 Å². The second-order valence-corrected chi connectivity index (χ2v) is 6.15. The number of carbonyl (C=O) groups is 1. The Balaban J connectivity index is 1.75. The van der Waals surface area contributed by atoms with Gasteiger partial charge in [-0.15, -0.1) is 0 Å². The Kier molecular flexibility index (Phi) is 5.70. The van der Waals surface area contributed by atoms with E-state index >= 15 is 0 Å². The van der Waals surface area contributed by atoms with Gasteiger partial charge in [0.05, 0.1) is 19.3 Å². The topological polar surface area (TPSA) is 65.4 Å². The highest BCUT2D eigenvalue weighted by atomic mass is 19.3. The summed E-state index contributed by atoms with van der Waals surface area (Å²) in [5.41, 5.74) is 0.278. The fraction of sp³-hybridized carbons (Fsp3) is 0.444. The molecule has 0 unspecified atom stereocenters. The van der Waals surface area contributed by atoms with Gasteiger partial charge in [-0.1, -0.05) is 19.3 Å². The van der Waals surface area contributed by atoms with Gasteiger partial charge in [-0.3, -0.25) is 4.79 Å². The molecule has 1 aliphatic rings. The van der Waals surface area contributed by atoms with Gasteiger partial charge in [0.2, 0.25) is 0 Å². The molecule has 0 spiro atoms. The lowest BCUT2D eigenvalue weighted by molar-refractivity contribution is -0.0512. The zero-order valence-electron chi connectivity index (χ0n) is 14.5. The van der Waals surface area contributed by atoms with Crippen LogP contribution in [0.1, 0.15) is 48.5 Å². The van der Waals surface area contributed by atoms with Crippen LogP contribution in [0.4, 0.5) is 14.6 Å². The number of halogens is 2. The van der Waals surface area contributed by atoms with Crippen LogP contribution in [0.25, 0.3) is 0 Å². The molecule has 1 aliphatic carbocycles. The summed E-state index contributed by atoms with van der Waals surface area (Å²) >= 11 is 0. The first-order chi connectivity index (χ1) is 12.6. The maximum atomic E-state index is 12.6. The van der Waals surface area contributed by atoms with E-state index < -0.39 is 6.61 Å². The molecule has 1 N–H and O–H groups in total. The summed E-state index contributed by atoms with van der Waals surface area (Å²) in [6.45, 7) is -2.96. The van der Waals surface area contributed by atoms with Crippen molar-refractivity contribution >= 4 is 11.7 Å². The summed E-state index contributed by atoms with van der Waals surface area (Å²) in [4.78, 5) is 12.6. The maximum absolute atomic E-state index is 12.6. The molecule has 8 heteroatoms. The standard InChI is InChI=1S/C18H21F2N3O3/c1-25-15-11-12(7-8-14(15)26-18(19)20)17(24)22-16-9-10-21-23(16)13-5-3-2-4-6-13/h7-11,13,18H,2-6H2,1H3,(H,22,24). The van der Waals surface area contributed by atoms with Crippen molar-refractivity contribution in [3.05, 3.63) is 36.0 Å². The minimum Gasteiger partial charge on any atom is -0.493 e. The molecule has 140 valence electrons. The second kappa shape index (κ2) is 8.16. The van der Waals surface area contributed by atoms with Gasteiger partial charge in [0, 0.05) is 11.6 Å². The smallest absolute Gasteiger partial charge is 0.387 e. The van der Waals surface area contributed by atoms with Gasteiger partial charge >= 0.3 is 6.61 Å². The molecule has 0 aliphatic heterocycles. The number of hydrogen-bond donors (Lipinski definition) is 1. The monoisotopic (exact) mass is 365 g/mol. The zero-order valence-corrected chi connectivity index (χ0v) is 14.5. The van der Waals surface area contributed by atoms with Gasteiger partial charge in [-0.05, 0) is 31.0 Å². The number of benzene rings is 1. The van der Waals surface area contributed by atoms with E-state index in [1.54, 1.807) is 12.3 Å². The molecule has 26 heavy (non-hydrogen) atoms. The molecule has 0 bridgehead atoms. The molecule has 3 rings (SSSR count). The lowest BCUT2D eigenvalue weighted by Gasteiger charge is -2.24. The van der Waals surface area contributed by atoms with E-state index in [0.717, 1.165) is 25.7 Å². The fourth-order valence-corrected chi connectivity index (χ4v) is 3.22. The van der Waals surface area contributed by atoms with Crippen LogP contribution in [0.3, 0.4) is 0 Å². The summed E-state index contributed by atoms with van der Waals surface area (Å²) in [7, 11) is 1.33. The van der Waals surface area contributed by atoms with Crippen LogP contribution >= 0.6 is 0 Å². The number of nitrogens with zero attached hydrogens (tertiary/aromatic N) is 2. The van der Waals surface area contributed by atoms with E-state index in [4.69, 9.17) is 4.74 Å². The van der Waals surface area contributed by atoms with Crippen molar-refractivity contribution < 1.29 is 23.0 Å². The highest BCUT2D eigenvalue weighted by molar-refractivity contribution is 6.04. The minimum atomic E-state index is -2.96. The molecule has 0 radical (unpaired) electrons. The SMILES string of the molecule is COc1cc(C(=O)Nc2ccnn2C2CCCCC2)ccc1OC(F)F. The molecule has 1 amide bonds. The quantitative estimate of drug-likeness (QED) is 0.831. The van der Waals surface area contributed by atoms with Gasteiger partial charge < -0.3 is 14.8 Å². The van der Waals surface area contributed by atoms with Crippen LogP contribution in [0, 0.1) is 0 Å². The van der Waals surface area contributed by atoms with Crippen molar-refractivity contribution in [2.24, 2.45) is 0 Å². The first kappa shape index (κ1) is 18.2. The number of rotatable bonds is 6. The van der Waals surface area contributed by atoms with Crippen LogP contribution in [0.15, 0.2) is 30.5 Å². The largest absolute Gasteiger partial charge is 0.493 e. The Labute approximate surface area is 150 Å². The molecular formula is C18H21F2N3O3. The number of nitrogens with one attached hydrogen (secondary N) is 1. The molecule has 1 aromatic carbocycles. The second-order valence-electron chi connectivity index (χ2n) is 6.15. The van der Waals surface area contributed by atoms with Crippen LogP contribution in [-0.4, -0.2) is 29.4 Å². The van der Waals surface area contributed by atoms with E-state index in [0.29, 0.717) is 5.82 Å².